The quantitative estimate of drug-likeness (QED) is 0.471. The van der Waals surface area contributed by atoms with Crippen molar-refractivity contribution in [2.75, 3.05) is 39.7 Å². The lowest BCUT2D eigenvalue weighted by molar-refractivity contribution is 0.146. The minimum Gasteiger partial charge on any atom is -0.490 e. The molecule has 28 heavy (non-hydrogen) atoms. The van der Waals surface area contributed by atoms with Gasteiger partial charge in [0.05, 0.1) is 18.7 Å². The van der Waals surface area contributed by atoms with Gasteiger partial charge in [-0.3, -0.25) is 4.99 Å². The highest BCUT2D eigenvalue weighted by Gasteiger charge is 2.21. The van der Waals surface area contributed by atoms with Crippen LogP contribution in [0.25, 0.3) is 21.9 Å². The number of ether oxygens (including phenoxy) is 2. The molecule has 0 bridgehead atoms. The van der Waals surface area contributed by atoms with Gasteiger partial charge in [-0.25, -0.2) is 0 Å². The topological polar surface area (TPSA) is 42.9 Å². The molecular weight excluding hydrogens is 368 g/mol. The Morgan fingerprint density at radius 1 is 1.07 bits per heavy atom. The highest BCUT2D eigenvalue weighted by molar-refractivity contribution is 7.98. The van der Waals surface area contributed by atoms with E-state index in [1.54, 1.807) is 18.9 Å². The van der Waals surface area contributed by atoms with Crippen molar-refractivity contribution < 1.29 is 9.47 Å². The summed E-state index contributed by atoms with van der Waals surface area (Å²) in [6.07, 6.45) is 2.09. The van der Waals surface area contributed by atoms with Crippen LogP contribution in [-0.2, 0) is 4.74 Å². The molecule has 4 nitrogen and oxygen atoms in total. The zero-order valence-corrected chi connectivity index (χ0v) is 17.0. The average Bonchev–Trinajstić information content (AvgIpc) is 3.28. The van der Waals surface area contributed by atoms with E-state index in [1.165, 1.54) is 15.7 Å². The Kier molecular flexibility index (Phi) is 5.84. The van der Waals surface area contributed by atoms with Crippen molar-refractivity contribution in [1.29, 1.82) is 0 Å². The highest BCUT2D eigenvalue weighted by Crippen LogP contribution is 2.41. The molecule has 0 atom stereocenters. The van der Waals surface area contributed by atoms with Crippen LogP contribution in [-0.4, -0.2) is 45.5 Å². The number of rotatable bonds is 7. The van der Waals surface area contributed by atoms with Gasteiger partial charge in [0.2, 0.25) is 0 Å². The molecule has 1 heterocycles. The summed E-state index contributed by atoms with van der Waals surface area (Å²) < 4.78 is 11.5. The van der Waals surface area contributed by atoms with Crippen LogP contribution in [0.15, 0.2) is 64.5 Å². The third kappa shape index (κ3) is 3.73. The molecule has 3 aromatic rings. The van der Waals surface area contributed by atoms with Gasteiger partial charge < -0.3 is 14.8 Å². The summed E-state index contributed by atoms with van der Waals surface area (Å²) in [6.45, 7) is 2.68. The maximum Gasteiger partial charge on any atom is 0.138 e. The molecule has 0 amide bonds. The lowest BCUT2D eigenvalue weighted by Crippen LogP contribution is -2.21. The van der Waals surface area contributed by atoms with Gasteiger partial charge in [-0.1, -0.05) is 36.4 Å². The van der Waals surface area contributed by atoms with E-state index >= 15 is 0 Å². The molecule has 1 aliphatic rings. The van der Waals surface area contributed by atoms with Crippen molar-refractivity contribution in [2.24, 2.45) is 4.99 Å². The molecule has 144 valence electrons. The molecule has 0 saturated carbocycles. The molecule has 1 aliphatic heterocycles. The summed E-state index contributed by atoms with van der Waals surface area (Å²) in [5, 5.41) is 5.75. The minimum atomic E-state index is 0.491. The number of nitrogens with zero attached hydrogens (tertiary/aromatic N) is 1. The molecule has 0 spiro atoms. The lowest BCUT2D eigenvalue weighted by Gasteiger charge is -2.19. The second kappa shape index (κ2) is 8.67. The maximum atomic E-state index is 6.29. The first-order valence-electron chi connectivity index (χ1n) is 9.42. The van der Waals surface area contributed by atoms with E-state index in [9.17, 15) is 0 Å². The van der Waals surface area contributed by atoms with Gasteiger partial charge in [-0.15, -0.1) is 11.8 Å². The number of fused-ring (bicyclic) bond motifs is 1. The SMILES string of the molecule is COCCOc1c(C2=NCCN2)cc2ccccc2c1-c1ccc(SC)cc1. The molecule has 4 rings (SSSR count). The summed E-state index contributed by atoms with van der Waals surface area (Å²) in [5.74, 6) is 1.76. The first kappa shape index (κ1) is 18.8. The molecule has 0 fully saturated rings. The standard InChI is InChI=1S/C23H24N2O2S/c1-26-13-14-27-22-20(23-24-11-12-25-23)15-17-5-3-4-6-19(17)21(22)16-7-9-18(28-2)10-8-16/h3-10,15H,11-14H2,1-2H3,(H,24,25). The third-order valence-corrected chi connectivity index (χ3v) is 5.59. The molecule has 0 saturated heterocycles. The number of hydrogen-bond donors (Lipinski definition) is 1. The van der Waals surface area contributed by atoms with E-state index < -0.39 is 0 Å². The van der Waals surface area contributed by atoms with E-state index in [4.69, 9.17) is 9.47 Å². The smallest absolute Gasteiger partial charge is 0.138 e. The normalized spacial score (nSPS) is 13.4. The zero-order valence-electron chi connectivity index (χ0n) is 16.2. The summed E-state index contributed by atoms with van der Waals surface area (Å²) >= 11 is 1.74. The van der Waals surface area contributed by atoms with E-state index in [0.717, 1.165) is 41.4 Å². The first-order valence-corrected chi connectivity index (χ1v) is 10.6. The number of amidine groups is 1. The molecule has 0 aliphatic carbocycles. The molecule has 5 heteroatoms. The Morgan fingerprint density at radius 2 is 1.89 bits per heavy atom. The second-order valence-corrected chi connectivity index (χ2v) is 7.46. The molecular formula is C23H24N2O2S. The molecule has 0 unspecified atom stereocenters. The molecule has 1 N–H and O–H groups in total. The molecule has 3 aromatic carbocycles. The van der Waals surface area contributed by atoms with Gasteiger partial charge in [-0.2, -0.15) is 0 Å². The molecule has 0 radical (unpaired) electrons. The van der Waals surface area contributed by atoms with Gasteiger partial charge in [0.15, 0.2) is 0 Å². The Labute approximate surface area is 170 Å². The van der Waals surface area contributed by atoms with Crippen LogP contribution in [0.2, 0.25) is 0 Å². The van der Waals surface area contributed by atoms with Crippen molar-refractivity contribution in [3.05, 3.63) is 60.2 Å². The maximum absolute atomic E-state index is 6.29. The largest absolute Gasteiger partial charge is 0.490 e. The monoisotopic (exact) mass is 392 g/mol. The summed E-state index contributed by atoms with van der Waals surface area (Å²) in [4.78, 5) is 5.90. The highest BCUT2D eigenvalue weighted by atomic mass is 32.2. The van der Waals surface area contributed by atoms with Crippen molar-refractivity contribution in [3.63, 3.8) is 0 Å². The number of methoxy groups -OCH3 is 1. The summed E-state index contributed by atoms with van der Waals surface area (Å²) in [7, 11) is 1.69. The van der Waals surface area contributed by atoms with Gasteiger partial charge >= 0.3 is 0 Å². The van der Waals surface area contributed by atoms with Crippen LogP contribution in [0, 0.1) is 0 Å². The van der Waals surface area contributed by atoms with E-state index in [2.05, 4.69) is 71.2 Å². The van der Waals surface area contributed by atoms with E-state index in [0.29, 0.717) is 13.2 Å². The Bertz CT molecular complexity index is 999. The Balaban J connectivity index is 1.95. The van der Waals surface area contributed by atoms with Crippen LogP contribution < -0.4 is 10.1 Å². The second-order valence-electron chi connectivity index (χ2n) is 6.58. The van der Waals surface area contributed by atoms with Crippen molar-refractivity contribution in [2.45, 2.75) is 4.90 Å². The van der Waals surface area contributed by atoms with E-state index in [1.807, 2.05) is 0 Å². The van der Waals surface area contributed by atoms with Gasteiger partial charge in [0.25, 0.3) is 0 Å². The number of thioether (sulfide) groups is 1. The first-order chi connectivity index (χ1) is 13.8. The van der Waals surface area contributed by atoms with Crippen LogP contribution in [0.4, 0.5) is 0 Å². The Hall–Kier alpha value is -2.50. The predicted molar refractivity (Wildman–Crippen MR) is 118 cm³/mol. The third-order valence-electron chi connectivity index (χ3n) is 4.84. The van der Waals surface area contributed by atoms with Crippen molar-refractivity contribution >= 4 is 28.4 Å². The fourth-order valence-corrected chi connectivity index (χ4v) is 3.91. The number of aliphatic imine (C=N–C) groups is 1. The van der Waals surface area contributed by atoms with Crippen LogP contribution in [0.5, 0.6) is 5.75 Å². The molecule has 0 aromatic heterocycles. The van der Waals surface area contributed by atoms with Gasteiger partial charge in [0, 0.05) is 24.1 Å². The Morgan fingerprint density at radius 3 is 2.61 bits per heavy atom. The minimum absolute atomic E-state index is 0.491. The average molecular weight is 393 g/mol. The van der Waals surface area contributed by atoms with Crippen LogP contribution >= 0.6 is 11.8 Å². The summed E-state index contributed by atoms with van der Waals surface area (Å²) in [5.41, 5.74) is 3.26. The lowest BCUT2D eigenvalue weighted by atomic mass is 9.93. The van der Waals surface area contributed by atoms with Crippen molar-refractivity contribution in [3.8, 4) is 16.9 Å². The van der Waals surface area contributed by atoms with Crippen LogP contribution in [0.3, 0.4) is 0 Å². The fourth-order valence-electron chi connectivity index (χ4n) is 3.50. The summed E-state index contributed by atoms with van der Waals surface area (Å²) in [6, 6.07) is 19.3. The fraction of sp³-hybridized carbons (Fsp3) is 0.261. The number of nitrogens with one attached hydrogen (secondary N) is 1. The number of benzene rings is 3. The van der Waals surface area contributed by atoms with Crippen LogP contribution in [0.1, 0.15) is 5.56 Å². The predicted octanol–water partition coefficient (Wildman–Crippen LogP) is 4.60. The van der Waals surface area contributed by atoms with E-state index in [-0.39, 0.29) is 0 Å². The van der Waals surface area contributed by atoms with Crippen molar-refractivity contribution in [1.82, 2.24) is 5.32 Å². The number of hydrogen-bond acceptors (Lipinski definition) is 5. The van der Waals surface area contributed by atoms with Gasteiger partial charge in [-0.05, 0) is 40.8 Å². The zero-order chi connectivity index (χ0) is 19.3. The van der Waals surface area contributed by atoms with Gasteiger partial charge in [0.1, 0.15) is 18.2 Å².